The first-order chi connectivity index (χ1) is 20.2. The van der Waals surface area contributed by atoms with E-state index in [2.05, 4.69) is 5.32 Å². The summed E-state index contributed by atoms with van der Waals surface area (Å²) in [6, 6.07) is 21.7. The molecule has 0 heterocycles. The Bertz CT molecular complexity index is 1430. The van der Waals surface area contributed by atoms with E-state index in [9.17, 15) is 19.5 Å². The van der Waals surface area contributed by atoms with E-state index >= 15 is 0 Å². The van der Waals surface area contributed by atoms with Crippen molar-refractivity contribution in [3.63, 3.8) is 0 Å². The van der Waals surface area contributed by atoms with Crippen LogP contribution in [0.15, 0.2) is 84.4 Å². The molecule has 0 aromatic heterocycles. The Hall–Kier alpha value is -4.01. The van der Waals surface area contributed by atoms with Crippen LogP contribution in [0.5, 0.6) is 0 Å². The van der Waals surface area contributed by atoms with Crippen LogP contribution in [-0.4, -0.2) is 77.0 Å². The van der Waals surface area contributed by atoms with Gasteiger partial charge in [0.15, 0.2) is 0 Å². The van der Waals surface area contributed by atoms with E-state index in [1.165, 1.54) is 15.9 Å². The molecule has 3 aromatic rings. The average Bonchev–Trinajstić information content (AvgIpc) is 2.95. The fraction of sp³-hybridized carbons (Fsp3) is 0.400. The van der Waals surface area contributed by atoms with Gasteiger partial charge in [0.2, 0.25) is 17.7 Å². The van der Waals surface area contributed by atoms with Gasteiger partial charge >= 0.3 is 0 Å². The normalized spacial score (nSPS) is 14.1. The van der Waals surface area contributed by atoms with Gasteiger partial charge < -0.3 is 26.0 Å². The standard InChI is InChI=1S/C35H46N4O4/c1-24(22-35(3,4)36)18-32(41)38(5)31(21-27-16-17-28-14-10-11-15-29(28)19-27)34(43)39(6)30(33(42)37-23-25(2)40)20-26-12-8-7-9-13-26/h7-19,25,30-31,40H,20-23,36H2,1-6H3,(H,37,42)/b24-18+/t25-,30-,31-/m1/s1. The minimum atomic E-state index is -0.878. The topological polar surface area (TPSA) is 116 Å². The first-order valence-electron chi connectivity index (χ1n) is 14.7. The number of amides is 3. The molecule has 0 spiro atoms. The van der Waals surface area contributed by atoms with Crippen molar-refractivity contribution < 1.29 is 19.5 Å². The first-order valence-corrected chi connectivity index (χ1v) is 14.7. The number of nitrogens with one attached hydrogen (secondary N) is 1. The minimum absolute atomic E-state index is 0.0621. The Morgan fingerprint density at radius 3 is 2.12 bits per heavy atom. The van der Waals surface area contributed by atoms with Crippen molar-refractivity contribution in [2.45, 2.75) is 70.7 Å². The Balaban J connectivity index is 1.98. The molecule has 0 fully saturated rings. The van der Waals surface area contributed by atoms with Crippen LogP contribution in [-0.2, 0) is 27.2 Å². The molecule has 230 valence electrons. The molecule has 0 radical (unpaired) electrons. The van der Waals surface area contributed by atoms with Gasteiger partial charge in [0, 0.05) is 45.1 Å². The molecule has 0 unspecified atom stereocenters. The summed E-state index contributed by atoms with van der Waals surface area (Å²) in [7, 11) is 3.22. The molecule has 0 aliphatic carbocycles. The van der Waals surface area contributed by atoms with Crippen molar-refractivity contribution in [2.24, 2.45) is 5.73 Å². The largest absolute Gasteiger partial charge is 0.392 e. The maximum atomic E-state index is 14.3. The molecular weight excluding hydrogens is 540 g/mol. The van der Waals surface area contributed by atoms with E-state index in [1.807, 2.05) is 93.6 Å². The molecular formula is C35H46N4O4. The van der Waals surface area contributed by atoms with Crippen molar-refractivity contribution in [1.82, 2.24) is 15.1 Å². The van der Waals surface area contributed by atoms with Gasteiger partial charge in [-0.25, -0.2) is 0 Å². The maximum absolute atomic E-state index is 14.3. The van der Waals surface area contributed by atoms with E-state index in [0.717, 1.165) is 27.5 Å². The first kappa shape index (κ1) is 33.5. The average molecular weight is 587 g/mol. The number of fused-ring (bicyclic) bond motifs is 1. The second-order valence-corrected chi connectivity index (χ2v) is 12.3. The predicted octanol–water partition coefficient (Wildman–Crippen LogP) is 3.85. The lowest BCUT2D eigenvalue weighted by molar-refractivity contribution is -0.146. The summed E-state index contributed by atoms with van der Waals surface area (Å²) < 4.78 is 0. The van der Waals surface area contributed by atoms with E-state index in [0.29, 0.717) is 6.42 Å². The van der Waals surface area contributed by atoms with Gasteiger partial charge in [-0.3, -0.25) is 14.4 Å². The smallest absolute Gasteiger partial charge is 0.246 e. The molecule has 0 saturated heterocycles. The predicted molar refractivity (Wildman–Crippen MR) is 172 cm³/mol. The SMILES string of the molecule is C/C(=C\C(=O)N(C)[C@H](Cc1ccc2ccccc2c1)C(=O)N(C)[C@H](Cc1ccccc1)C(=O)NC[C@@H](C)O)CC(C)(C)N. The van der Waals surface area contributed by atoms with Crippen LogP contribution < -0.4 is 11.1 Å². The third-order valence-electron chi connectivity index (χ3n) is 7.41. The second kappa shape index (κ2) is 14.9. The van der Waals surface area contributed by atoms with Gasteiger partial charge in [-0.2, -0.15) is 0 Å². The lowest BCUT2D eigenvalue weighted by Crippen LogP contribution is -2.56. The Morgan fingerprint density at radius 2 is 1.49 bits per heavy atom. The molecule has 0 saturated carbocycles. The molecule has 0 aliphatic heterocycles. The number of likely N-dealkylation sites (N-methyl/N-ethyl adjacent to an activating group) is 2. The molecule has 4 N–H and O–H groups in total. The summed E-state index contributed by atoms with van der Waals surface area (Å²) in [5.74, 6) is -1.05. The van der Waals surface area contributed by atoms with Gasteiger partial charge in [0.1, 0.15) is 12.1 Å². The van der Waals surface area contributed by atoms with E-state index in [1.54, 1.807) is 21.0 Å². The molecule has 3 aromatic carbocycles. The molecule has 3 amide bonds. The summed E-state index contributed by atoms with van der Waals surface area (Å²) in [5, 5.41) is 14.6. The van der Waals surface area contributed by atoms with Gasteiger partial charge in [0.25, 0.3) is 0 Å². The highest BCUT2D eigenvalue weighted by Gasteiger charge is 2.35. The van der Waals surface area contributed by atoms with Crippen molar-refractivity contribution in [3.05, 3.63) is 95.6 Å². The fourth-order valence-electron chi connectivity index (χ4n) is 5.21. The highest BCUT2D eigenvalue weighted by Crippen LogP contribution is 2.21. The van der Waals surface area contributed by atoms with E-state index < -0.39 is 23.7 Å². The monoisotopic (exact) mass is 586 g/mol. The number of rotatable bonds is 13. The van der Waals surface area contributed by atoms with Crippen LogP contribution in [0.2, 0.25) is 0 Å². The Morgan fingerprint density at radius 1 is 0.884 bits per heavy atom. The van der Waals surface area contributed by atoms with Crippen LogP contribution in [0.4, 0.5) is 0 Å². The Labute approximate surface area is 255 Å². The van der Waals surface area contributed by atoms with Gasteiger partial charge in [-0.1, -0.05) is 78.4 Å². The second-order valence-electron chi connectivity index (χ2n) is 12.3. The van der Waals surface area contributed by atoms with Crippen LogP contribution in [0.25, 0.3) is 10.8 Å². The molecule has 0 aliphatic rings. The third kappa shape index (κ3) is 10.0. The molecule has 8 nitrogen and oxygen atoms in total. The number of hydrogen-bond acceptors (Lipinski definition) is 5. The van der Waals surface area contributed by atoms with Crippen molar-refractivity contribution in [3.8, 4) is 0 Å². The van der Waals surface area contributed by atoms with Gasteiger partial charge in [0.05, 0.1) is 6.10 Å². The summed E-state index contributed by atoms with van der Waals surface area (Å²) >= 11 is 0. The van der Waals surface area contributed by atoms with Crippen molar-refractivity contribution >= 4 is 28.5 Å². The zero-order valence-corrected chi connectivity index (χ0v) is 26.2. The lowest BCUT2D eigenvalue weighted by Gasteiger charge is -2.34. The molecule has 8 heteroatoms. The van der Waals surface area contributed by atoms with E-state index in [4.69, 9.17) is 5.73 Å². The number of aliphatic hydroxyl groups is 1. The number of carbonyl (C=O) groups is 3. The number of benzene rings is 3. The third-order valence-corrected chi connectivity index (χ3v) is 7.41. The highest BCUT2D eigenvalue weighted by atomic mass is 16.3. The van der Waals surface area contributed by atoms with Crippen molar-refractivity contribution in [1.29, 1.82) is 0 Å². The lowest BCUT2D eigenvalue weighted by atomic mass is 9.96. The molecule has 3 atom stereocenters. The number of aliphatic hydroxyl groups excluding tert-OH is 1. The molecule has 0 bridgehead atoms. The highest BCUT2D eigenvalue weighted by molar-refractivity contribution is 5.95. The summed E-state index contributed by atoms with van der Waals surface area (Å²) in [4.78, 5) is 44.1. The van der Waals surface area contributed by atoms with Crippen LogP contribution in [0, 0.1) is 0 Å². The minimum Gasteiger partial charge on any atom is -0.392 e. The fourth-order valence-corrected chi connectivity index (χ4v) is 5.21. The Kier molecular flexibility index (Phi) is 11.6. The summed E-state index contributed by atoms with van der Waals surface area (Å²) in [5.41, 5.74) is 8.29. The maximum Gasteiger partial charge on any atom is 0.246 e. The molecule has 43 heavy (non-hydrogen) atoms. The van der Waals surface area contributed by atoms with Crippen molar-refractivity contribution in [2.75, 3.05) is 20.6 Å². The number of carbonyl (C=O) groups excluding carboxylic acids is 3. The van der Waals surface area contributed by atoms with Gasteiger partial charge in [-0.05, 0) is 56.0 Å². The van der Waals surface area contributed by atoms with Crippen LogP contribution >= 0.6 is 0 Å². The zero-order chi connectivity index (χ0) is 31.7. The quantitative estimate of drug-likeness (QED) is 0.263. The van der Waals surface area contributed by atoms with Gasteiger partial charge in [-0.15, -0.1) is 0 Å². The summed E-state index contributed by atoms with van der Waals surface area (Å²) in [6.07, 6.45) is 1.86. The number of hydrogen-bond donors (Lipinski definition) is 3. The zero-order valence-electron chi connectivity index (χ0n) is 26.2. The van der Waals surface area contributed by atoms with E-state index in [-0.39, 0.29) is 37.1 Å². The summed E-state index contributed by atoms with van der Waals surface area (Å²) in [6.45, 7) is 7.30. The number of nitrogens with zero attached hydrogens (tertiary/aromatic N) is 2. The number of nitrogens with two attached hydrogens (primary N) is 1. The van der Waals surface area contributed by atoms with Crippen LogP contribution in [0.1, 0.15) is 45.2 Å². The molecule has 3 rings (SSSR count). The van der Waals surface area contributed by atoms with Crippen LogP contribution in [0.3, 0.4) is 0 Å².